The Balaban J connectivity index is 2.49. The zero-order valence-electron chi connectivity index (χ0n) is 7.08. The molecule has 0 saturated carbocycles. The standard InChI is InChI=1S/C9H9N3O/c10-5-8(6-11)3-7-1-2-9(4-7)12-13/h2,7,10H,1,3-4H2. The van der Waals surface area contributed by atoms with E-state index < -0.39 is 0 Å². The molecule has 0 aromatic heterocycles. The Labute approximate surface area is 76.0 Å². The van der Waals surface area contributed by atoms with Crippen LogP contribution in [0.15, 0.2) is 22.5 Å². The third-order valence-electron chi connectivity index (χ3n) is 2.08. The maximum Gasteiger partial charge on any atom is 0.105 e. The average molecular weight is 175 g/mol. The molecule has 4 nitrogen and oxygen atoms in total. The van der Waals surface area contributed by atoms with Gasteiger partial charge in [-0.2, -0.15) is 5.26 Å². The second-order valence-corrected chi connectivity index (χ2v) is 3.01. The normalized spacial score (nSPS) is 19.9. The molecule has 0 heterocycles. The molecule has 1 N–H and O–H groups in total. The molecule has 66 valence electrons. The van der Waals surface area contributed by atoms with E-state index in [2.05, 4.69) is 11.0 Å². The Bertz CT molecular complexity index is 331. The molecule has 0 amide bonds. The first kappa shape index (κ1) is 9.37. The second kappa shape index (κ2) is 4.34. The van der Waals surface area contributed by atoms with E-state index in [9.17, 15) is 4.91 Å². The molecule has 1 atom stereocenters. The van der Waals surface area contributed by atoms with E-state index in [1.807, 2.05) is 6.07 Å². The van der Waals surface area contributed by atoms with E-state index >= 15 is 0 Å². The van der Waals surface area contributed by atoms with E-state index in [-0.39, 0.29) is 5.92 Å². The van der Waals surface area contributed by atoms with Crippen molar-refractivity contribution in [3.63, 3.8) is 0 Å². The minimum absolute atomic E-state index is 0.250. The van der Waals surface area contributed by atoms with Crippen molar-refractivity contribution < 1.29 is 0 Å². The SMILES string of the molecule is N#CC(=C=N)CC1CC=C(N=O)C1. The molecular weight excluding hydrogens is 166 g/mol. The maximum absolute atomic E-state index is 10.1. The molecule has 1 rings (SSSR count). The highest BCUT2D eigenvalue weighted by Gasteiger charge is 2.18. The molecule has 0 saturated heterocycles. The van der Waals surface area contributed by atoms with Gasteiger partial charge in [0.15, 0.2) is 0 Å². The van der Waals surface area contributed by atoms with Crippen LogP contribution in [0.5, 0.6) is 0 Å². The summed E-state index contributed by atoms with van der Waals surface area (Å²) in [6, 6.07) is 1.90. The quantitative estimate of drug-likeness (QED) is 0.405. The van der Waals surface area contributed by atoms with Crippen LogP contribution < -0.4 is 0 Å². The van der Waals surface area contributed by atoms with Gasteiger partial charge < -0.3 is 0 Å². The Morgan fingerprint density at radius 3 is 3.08 bits per heavy atom. The fourth-order valence-electron chi connectivity index (χ4n) is 1.41. The maximum atomic E-state index is 10.1. The zero-order valence-corrected chi connectivity index (χ0v) is 7.08. The highest BCUT2D eigenvalue weighted by Crippen LogP contribution is 2.29. The lowest BCUT2D eigenvalue weighted by Crippen LogP contribution is -1.96. The molecule has 0 fully saturated rings. The van der Waals surface area contributed by atoms with Gasteiger partial charge in [0.2, 0.25) is 0 Å². The summed E-state index contributed by atoms with van der Waals surface area (Å²) < 4.78 is 0. The van der Waals surface area contributed by atoms with Gasteiger partial charge in [0.1, 0.15) is 6.07 Å². The third kappa shape index (κ3) is 2.36. The Morgan fingerprint density at radius 1 is 1.85 bits per heavy atom. The van der Waals surface area contributed by atoms with Crippen LogP contribution in [0.25, 0.3) is 0 Å². The predicted molar refractivity (Wildman–Crippen MR) is 48.1 cm³/mol. The topological polar surface area (TPSA) is 77.1 Å². The van der Waals surface area contributed by atoms with E-state index in [0.29, 0.717) is 24.1 Å². The van der Waals surface area contributed by atoms with Crippen molar-refractivity contribution in [1.29, 1.82) is 10.7 Å². The first-order chi connectivity index (χ1) is 6.30. The molecular formula is C9H9N3O. The fourth-order valence-corrected chi connectivity index (χ4v) is 1.41. The Morgan fingerprint density at radius 2 is 2.62 bits per heavy atom. The largest absolute Gasteiger partial charge is 0.258 e. The minimum Gasteiger partial charge on any atom is -0.258 e. The van der Waals surface area contributed by atoms with Gasteiger partial charge in [0, 0.05) is 0 Å². The minimum atomic E-state index is 0.250. The number of hydrogen-bond acceptors (Lipinski definition) is 4. The number of nitriles is 1. The first-order valence-electron chi connectivity index (χ1n) is 4.01. The lowest BCUT2D eigenvalue weighted by atomic mass is 9.98. The summed E-state index contributed by atoms with van der Waals surface area (Å²) >= 11 is 0. The average Bonchev–Trinajstić information content (AvgIpc) is 2.61. The van der Waals surface area contributed by atoms with Crippen molar-refractivity contribution >= 4 is 5.87 Å². The summed E-state index contributed by atoms with van der Waals surface area (Å²) in [5, 5.41) is 18.2. The Kier molecular flexibility index (Phi) is 3.13. The van der Waals surface area contributed by atoms with Crippen LogP contribution in [-0.4, -0.2) is 5.87 Å². The highest BCUT2D eigenvalue weighted by atomic mass is 16.3. The van der Waals surface area contributed by atoms with Crippen LogP contribution in [0.1, 0.15) is 19.3 Å². The zero-order chi connectivity index (χ0) is 9.68. The summed E-state index contributed by atoms with van der Waals surface area (Å²) in [6.45, 7) is 0. The van der Waals surface area contributed by atoms with Crippen molar-refractivity contribution in [2.75, 3.05) is 0 Å². The van der Waals surface area contributed by atoms with Gasteiger partial charge in [-0.3, -0.25) is 5.41 Å². The summed E-state index contributed by atoms with van der Waals surface area (Å²) in [5.41, 5.74) is 0.901. The van der Waals surface area contributed by atoms with Gasteiger partial charge in [0.25, 0.3) is 0 Å². The van der Waals surface area contributed by atoms with Crippen molar-refractivity contribution in [2.24, 2.45) is 11.1 Å². The van der Waals surface area contributed by atoms with Crippen LogP contribution in [0.3, 0.4) is 0 Å². The summed E-state index contributed by atoms with van der Waals surface area (Å²) in [4.78, 5) is 10.1. The van der Waals surface area contributed by atoms with Gasteiger partial charge >= 0.3 is 0 Å². The number of nitrogens with zero attached hydrogens (tertiary/aromatic N) is 2. The van der Waals surface area contributed by atoms with E-state index in [4.69, 9.17) is 10.7 Å². The number of nitrogens with one attached hydrogen (secondary N) is 1. The summed E-state index contributed by atoms with van der Waals surface area (Å²) in [7, 11) is 0. The van der Waals surface area contributed by atoms with Crippen molar-refractivity contribution in [2.45, 2.75) is 19.3 Å². The summed E-state index contributed by atoms with van der Waals surface area (Å²) in [6.07, 6.45) is 3.70. The highest BCUT2D eigenvalue weighted by molar-refractivity contribution is 5.60. The van der Waals surface area contributed by atoms with E-state index in [1.165, 1.54) is 0 Å². The third-order valence-corrected chi connectivity index (χ3v) is 2.08. The van der Waals surface area contributed by atoms with Crippen LogP contribution in [0.4, 0.5) is 0 Å². The summed E-state index contributed by atoms with van der Waals surface area (Å²) in [5.74, 6) is 2.34. The first-order valence-corrected chi connectivity index (χ1v) is 4.01. The molecule has 1 aliphatic rings. The lowest BCUT2D eigenvalue weighted by Gasteiger charge is -2.04. The van der Waals surface area contributed by atoms with Crippen LogP contribution in [0.2, 0.25) is 0 Å². The molecule has 0 aliphatic heterocycles. The molecule has 0 aromatic carbocycles. The monoisotopic (exact) mass is 175 g/mol. The molecule has 4 heteroatoms. The van der Waals surface area contributed by atoms with Gasteiger partial charge in [-0.05, 0) is 36.2 Å². The molecule has 0 bridgehead atoms. The van der Waals surface area contributed by atoms with Crippen LogP contribution >= 0.6 is 0 Å². The number of rotatable bonds is 3. The van der Waals surface area contributed by atoms with Gasteiger partial charge in [-0.1, -0.05) is 6.08 Å². The number of hydrogen-bond donors (Lipinski definition) is 1. The van der Waals surface area contributed by atoms with Crippen LogP contribution in [-0.2, 0) is 0 Å². The lowest BCUT2D eigenvalue weighted by molar-refractivity contribution is 0.563. The van der Waals surface area contributed by atoms with Crippen molar-refractivity contribution in [3.8, 4) is 6.07 Å². The van der Waals surface area contributed by atoms with Gasteiger partial charge in [-0.15, -0.1) is 4.91 Å². The fraction of sp³-hybridized carbons (Fsp3) is 0.444. The molecule has 1 unspecified atom stereocenters. The molecule has 13 heavy (non-hydrogen) atoms. The predicted octanol–water partition coefficient (Wildman–Crippen LogP) is 2.14. The molecule has 1 aliphatic carbocycles. The van der Waals surface area contributed by atoms with Crippen LogP contribution in [0, 0.1) is 27.6 Å². The van der Waals surface area contributed by atoms with E-state index in [1.54, 1.807) is 6.08 Å². The number of nitroso groups, excluding NO2 is 1. The molecule has 0 aromatic rings. The second-order valence-electron chi connectivity index (χ2n) is 3.01. The van der Waals surface area contributed by atoms with Crippen molar-refractivity contribution in [1.82, 2.24) is 0 Å². The number of allylic oxidation sites excluding steroid dienone is 3. The smallest absolute Gasteiger partial charge is 0.105 e. The molecule has 0 radical (unpaired) electrons. The van der Waals surface area contributed by atoms with Gasteiger partial charge in [0.05, 0.1) is 11.3 Å². The van der Waals surface area contributed by atoms with Gasteiger partial charge in [-0.25, -0.2) is 0 Å². The van der Waals surface area contributed by atoms with Crippen molar-refractivity contribution in [3.05, 3.63) is 22.3 Å². The van der Waals surface area contributed by atoms with E-state index in [0.717, 1.165) is 6.42 Å². The Hall–Kier alpha value is -1.72. The molecule has 0 spiro atoms.